The maximum Gasteiger partial charge on any atom is 0.435 e. The molecule has 3 aromatic heterocycles. The molecular formula is C32H33ClF3N9O5. The molecule has 0 radical (unpaired) electrons. The number of anilines is 1. The molecule has 0 atom stereocenters. The lowest BCUT2D eigenvalue weighted by atomic mass is 9.96. The zero-order valence-corrected chi connectivity index (χ0v) is 27.5. The minimum atomic E-state index is -4.77. The third-order valence-corrected chi connectivity index (χ3v) is 8.71. The number of imidazole rings is 1. The third-order valence-electron chi connectivity index (χ3n) is 8.40. The largest absolute Gasteiger partial charge is 0.483 e. The quantitative estimate of drug-likeness (QED) is 0.253. The highest BCUT2D eigenvalue weighted by molar-refractivity contribution is 6.34. The van der Waals surface area contributed by atoms with Gasteiger partial charge in [0.2, 0.25) is 5.91 Å². The summed E-state index contributed by atoms with van der Waals surface area (Å²) in [4.78, 5) is 59.1. The molecule has 6 rings (SSSR count). The normalized spacial score (nSPS) is 15.2. The summed E-state index contributed by atoms with van der Waals surface area (Å²) in [6.07, 6.45) is 2.13. The number of amides is 3. The molecule has 1 aromatic carbocycles. The first-order chi connectivity index (χ1) is 23.9. The molecular weight excluding hydrogens is 683 g/mol. The minimum absolute atomic E-state index is 0.0158. The predicted molar refractivity (Wildman–Crippen MR) is 175 cm³/mol. The first-order valence-corrected chi connectivity index (χ1v) is 15.9. The van der Waals surface area contributed by atoms with Gasteiger partial charge in [-0.1, -0.05) is 11.6 Å². The summed E-state index contributed by atoms with van der Waals surface area (Å²) < 4.78 is 44.2. The van der Waals surface area contributed by atoms with E-state index in [-0.39, 0.29) is 57.6 Å². The number of hydrogen-bond donors (Lipinski definition) is 3. The van der Waals surface area contributed by atoms with Crippen LogP contribution in [0.4, 0.5) is 18.9 Å². The number of hydrogen-bond acceptors (Lipinski definition) is 8. The van der Waals surface area contributed by atoms with Crippen LogP contribution in [0.1, 0.15) is 39.5 Å². The topological polar surface area (TPSA) is 168 Å². The summed E-state index contributed by atoms with van der Waals surface area (Å²) in [5.41, 5.74) is -0.482. The van der Waals surface area contributed by atoms with E-state index in [0.29, 0.717) is 31.9 Å². The smallest absolute Gasteiger partial charge is 0.435 e. The number of alkyl halides is 3. The number of benzene rings is 1. The summed E-state index contributed by atoms with van der Waals surface area (Å²) >= 11 is 6.47. The lowest BCUT2D eigenvalue weighted by Gasteiger charge is -2.37. The van der Waals surface area contributed by atoms with Crippen molar-refractivity contribution >= 4 is 41.5 Å². The Hall–Kier alpha value is -5.29. The Labute approximate surface area is 288 Å². The van der Waals surface area contributed by atoms with Gasteiger partial charge in [0.25, 0.3) is 18.3 Å². The molecule has 50 heavy (non-hydrogen) atoms. The van der Waals surface area contributed by atoms with Gasteiger partial charge in [0.15, 0.2) is 11.5 Å². The number of nitrogens with zero attached hydrogens (tertiary/aromatic N) is 7. The summed E-state index contributed by atoms with van der Waals surface area (Å²) in [7, 11) is 1.43. The molecule has 3 N–H and O–H groups in total. The Morgan fingerprint density at radius 1 is 1.04 bits per heavy atom. The van der Waals surface area contributed by atoms with Crippen molar-refractivity contribution in [1.82, 2.24) is 39.4 Å². The van der Waals surface area contributed by atoms with Crippen molar-refractivity contribution in [2.75, 3.05) is 44.6 Å². The van der Waals surface area contributed by atoms with Crippen LogP contribution < -0.4 is 10.6 Å². The predicted octanol–water partition coefficient (Wildman–Crippen LogP) is 3.58. The fourth-order valence-electron chi connectivity index (χ4n) is 5.85. The van der Waals surface area contributed by atoms with Crippen LogP contribution in [0.2, 0.25) is 5.02 Å². The molecule has 5 heterocycles. The monoisotopic (exact) mass is 715 g/mol. The first-order valence-electron chi connectivity index (χ1n) is 15.5. The molecule has 0 aliphatic carbocycles. The van der Waals surface area contributed by atoms with Gasteiger partial charge in [0.1, 0.15) is 0 Å². The standard InChI is InChI=1S/C31H31ClF3N9O3.CH2O2/c1-41-25(23-18-44(21-6-10-37-11-7-21)40-26(23)31(33,34)35)17-38-27(41)28(45)39-20-2-3-22(24(32)16-20)30(47)43-14-12-42(13-15-43)29(46)19-4-8-36-9-5-19;2-1-3/h2-3,6-7,10-11,16-19,36H,4-5,8-9,12-15H2,1H3,(H,39,45);1H,(H,2,3). The second-order valence-electron chi connectivity index (χ2n) is 11.5. The van der Waals surface area contributed by atoms with Crippen molar-refractivity contribution in [3.8, 4) is 16.9 Å². The van der Waals surface area contributed by atoms with Gasteiger partial charge in [0.05, 0.1) is 33.7 Å². The molecule has 0 saturated carbocycles. The number of carbonyl (C=O) groups is 4. The van der Waals surface area contributed by atoms with E-state index in [1.54, 1.807) is 4.90 Å². The van der Waals surface area contributed by atoms with Gasteiger partial charge >= 0.3 is 6.18 Å². The van der Waals surface area contributed by atoms with Gasteiger partial charge in [-0.15, -0.1) is 0 Å². The van der Waals surface area contributed by atoms with Crippen molar-refractivity contribution < 1.29 is 37.5 Å². The highest BCUT2D eigenvalue weighted by Gasteiger charge is 2.39. The number of halogens is 4. The number of rotatable bonds is 6. The minimum Gasteiger partial charge on any atom is -0.483 e. The number of piperazine rings is 1. The lowest BCUT2D eigenvalue weighted by Crippen LogP contribution is -2.52. The number of pyridine rings is 1. The number of nitrogens with one attached hydrogen (secondary N) is 2. The van der Waals surface area contributed by atoms with Gasteiger partial charge in [0, 0.05) is 63.4 Å². The van der Waals surface area contributed by atoms with Gasteiger partial charge in [-0.3, -0.25) is 24.2 Å². The summed E-state index contributed by atoms with van der Waals surface area (Å²) in [5.74, 6) is -0.987. The molecule has 0 bridgehead atoms. The molecule has 2 aliphatic rings. The average Bonchev–Trinajstić information content (AvgIpc) is 3.73. The maximum absolute atomic E-state index is 14.0. The van der Waals surface area contributed by atoms with Crippen LogP contribution >= 0.6 is 11.6 Å². The summed E-state index contributed by atoms with van der Waals surface area (Å²) in [5, 5.41) is 16.6. The van der Waals surface area contributed by atoms with Crippen LogP contribution in [-0.2, 0) is 22.8 Å². The highest BCUT2D eigenvalue weighted by Crippen LogP contribution is 2.37. The summed E-state index contributed by atoms with van der Waals surface area (Å²) in [6.45, 7) is 3.05. The van der Waals surface area contributed by atoms with Crippen LogP contribution in [-0.4, -0.2) is 103 Å². The fourth-order valence-corrected chi connectivity index (χ4v) is 6.11. The van der Waals surface area contributed by atoms with E-state index >= 15 is 0 Å². The zero-order valence-electron chi connectivity index (χ0n) is 26.7. The second kappa shape index (κ2) is 15.5. The Morgan fingerprint density at radius 3 is 2.30 bits per heavy atom. The highest BCUT2D eigenvalue weighted by atomic mass is 35.5. The molecule has 2 fully saturated rings. The van der Waals surface area contributed by atoms with E-state index in [2.05, 4.69) is 25.7 Å². The van der Waals surface area contributed by atoms with Gasteiger partial charge < -0.3 is 30.1 Å². The average molecular weight is 716 g/mol. The van der Waals surface area contributed by atoms with Gasteiger partial charge in [-0.05, 0) is 56.3 Å². The van der Waals surface area contributed by atoms with Gasteiger partial charge in [-0.2, -0.15) is 18.3 Å². The molecule has 3 amide bonds. The van der Waals surface area contributed by atoms with E-state index in [1.807, 2.05) is 4.90 Å². The SMILES string of the molecule is Cn1c(-c2cn(-c3ccncc3)nc2C(F)(F)F)cnc1C(=O)Nc1ccc(C(=O)N2CCN(C(=O)C3CCNCC3)CC2)c(Cl)c1.O=CO. The van der Waals surface area contributed by atoms with E-state index in [0.717, 1.165) is 30.6 Å². The molecule has 0 spiro atoms. The number of carboxylic acid groups (broad SMARTS) is 1. The van der Waals surface area contributed by atoms with E-state index < -0.39 is 17.8 Å². The lowest BCUT2D eigenvalue weighted by molar-refractivity contribution is -0.141. The van der Waals surface area contributed by atoms with Crippen molar-refractivity contribution in [2.45, 2.75) is 19.0 Å². The van der Waals surface area contributed by atoms with E-state index in [9.17, 15) is 27.6 Å². The van der Waals surface area contributed by atoms with Crippen molar-refractivity contribution in [1.29, 1.82) is 0 Å². The molecule has 4 aromatic rings. The fraction of sp³-hybridized carbons (Fsp3) is 0.344. The molecule has 0 unspecified atom stereocenters. The molecule has 264 valence electrons. The Morgan fingerprint density at radius 2 is 1.68 bits per heavy atom. The van der Waals surface area contributed by atoms with Crippen LogP contribution in [0.3, 0.4) is 0 Å². The van der Waals surface area contributed by atoms with Crippen LogP contribution in [0.15, 0.2) is 55.1 Å². The van der Waals surface area contributed by atoms with Crippen LogP contribution in [0.5, 0.6) is 0 Å². The maximum atomic E-state index is 14.0. The molecule has 14 nitrogen and oxygen atoms in total. The van der Waals surface area contributed by atoms with E-state index in [1.165, 1.54) is 66.7 Å². The van der Waals surface area contributed by atoms with Crippen molar-refractivity contribution in [3.05, 3.63) is 77.2 Å². The van der Waals surface area contributed by atoms with E-state index in [4.69, 9.17) is 21.5 Å². The van der Waals surface area contributed by atoms with Crippen LogP contribution in [0.25, 0.3) is 16.9 Å². The van der Waals surface area contributed by atoms with Crippen LogP contribution in [0, 0.1) is 5.92 Å². The Balaban J connectivity index is 0.00000156. The third kappa shape index (κ3) is 7.94. The van der Waals surface area contributed by atoms with Crippen molar-refractivity contribution in [3.63, 3.8) is 0 Å². The molecule has 2 saturated heterocycles. The first kappa shape index (κ1) is 36.0. The Kier molecular flexibility index (Phi) is 11.2. The number of carbonyl (C=O) groups excluding carboxylic acids is 3. The summed E-state index contributed by atoms with van der Waals surface area (Å²) in [6, 6.07) is 7.47. The second-order valence-corrected chi connectivity index (χ2v) is 11.9. The molecule has 18 heteroatoms. The van der Waals surface area contributed by atoms with Gasteiger partial charge in [-0.25, -0.2) is 9.67 Å². The zero-order chi connectivity index (χ0) is 36.0. The number of aromatic nitrogens is 5. The molecule has 2 aliphatic heterocycles. The Bertz CT molecular complexity index is 1850. The number of piperidine rings is 1. The van der Waals surface area contributed by atoms with Crippen molar-refractivity contribution in [2.24, 2.45) is 13.0 Å².